The number of rotatable bonds is 3. The first-order chi connectivity index (χ1) is 11.1. The Labute approximate surface area is 135 Å². The Morgan fingerprint density at radius 1 is 1.17 bits per heavy atom. The zero-order valence-electron chi connectivity index (χ0n) is 13.5. The molecule has 1 fully saturated rings. The highest BCUT2D eigenvalue weighted by atomic mass is 19.1. The molecule has 23 heavy (non-hydrogen) atoms. The summed E-state index contributed by atoms with van der Waals surface area (Å²) in [5.74, 6) is -0.279. The number of carbonyl (C=O) groups is 1. The summed E-state index contributed by atoms with van der Waals surface area (Å²) in [5, 5.41) is 4.39. The fourth-order valence-corrected chi connectivity index (χ4v) is 2.86. The summed E-state index contributed by atoms with van der Waals surface area (Å²) in [6.07, 6.45) is 0. The van der Waals surface area contributed by atoms with Crippen LogP contribution in [0.5, 0.6) is 0 Å². The third-order valence-corrected chi connectivity index (χ3v) is 4.35. The van der Waals surface area contributed by atoms with Crippen LogP contribution in [0.1, 0.15) is 17.4 Å². The second-order valence-corrected chi connectivity index (χ2v) is 5.77. The number of aromatic nitrogens is 2. The van der Waals surface area contributed by atoms with Crippen molar-refractivity contribution in [3.05, 3.63) is 41.8 Å². The molecule has 3 rings (SSSR count). The molecule has 122 valence electrons. The topological polar surface area (TPSA) is 41.4 Å². The summed E-state index contributed by atoms with van der Waals surface area (Å²) >= 11 is 0. The molecule has 2 aromatic rings. The molecule has 1 aliphatic rings. The molecule has 0 unspecified atom stereocenters. The second-order valence-electron chi connectivity index (χ2n) is 5.77. The van der Waals surface area contributed by atoms with E-state index in [1.54, 1.807) is 29.9 Å². The molecule has 1 aliphatic heterocycles. The van der Waals surface area contributed by atoms with Gasteiger partial charge in [0, 0.05) is 38.8 Å². The number of likely N-dealkylation sites (N-methyl/N-ethyl adjacent to an activating group) is 1. The Morgan fingerprint density at radius 2 is 1.83 bits per heavy atom. The quantitative estimate of drug-likeness (QED) is 0.870. The van der Waals surface area contributed by atoms with E-state index < -0.39 is 0 Å². The fourth-order valence-electron chi connectivity index (χ4n) is 2.86. The predicted molar refractivity (Wildman–Crippen MR) is 86.6 cm³/mol. The minimum Gasteiger partial charge on any atom is -0.335 e. The van der Waals surface area contributed by atoms with Crippen LogP contribution in [-0.4, -0.2) is 58.2 Å². The van der Waals surface area contributed by atoms with Crippen LogP contribution in [0.25, 0.3) is 11.3 Å². The predicted octanol–water partition coefficient (Wildman–Crippen LogP) is 2.00. The van der Waals surface area contributed by atoms with Gasteiger partial charge in [0.15, 0.2) is 0 Å². The van der Waals surface area contributed by atoms with Crippen LogP contribution in [-0.2, 0) is 7.05 Å². The van der Waals surface area contributed by atoms with Crippen molar-refractivity contribution in [2.45, 2.75) is 6.92 Å². The molecule has 1 aromatic carbocycles. The number of hydrogen-bond acceptors (Lipinski definition) is 3. The van der Waals surface area contributed by atoms with E-state index in [0.717, 1.165) is 38.3 Å². The van der Waals surface area contributed by atoms with Crippen molar-refractivity contribution in [2.24, 2.45) is 7.05 Å². The maximum atomic E-state index is 13.0. The van der Waals surface area contributed by atoms with Crippen molar-refractivity contribution >= 4 is 5.91 Å². The standard InChI is InChI=1S/C17H21FN4O/c1-3-21-8-10-22(11-9-21)17(23)16-12-15(19-20(16)2)13-4-6-14(18)7-5-13/h4-7,12H,3,8-11H2,1-2H3. The van der Waals surface area contributed by atoms with Crippen LogP contribution in [0, 0.1) is 5.82 Å². The van der Waals surface area contributed by atoms with Gasteiger partial charge in [0.25, 0.3) is 5.91 Å². The molecule has 0 bridgehead atoms. The Balaban J connectivity index is 1.78. The van der Waals surface area contributed by atoms with Gasteiger partial charge in [-0.15, -0.1) is 0 Å². The summed E-state index contributed by atoms with van der Waals surface area (Å²) in [6.45, 7) is 6.44. The zero-order valence-corrected chi connectivity index (χ0v) is 13.5. The van der Waals surface area contributed by atoms with Crippen molar-refractivity contribution in [1.29, 1.82) is 0 Å². The minimum absolute atomic E-state index is 0.00381. The summed E-state index contributed by atoms with van der Waals surface area (Å²) < 4.78 is 14.6. The number of piperazine rings is 1. The smallest absolute Gasteiger partial charge is 0.272 e. The highest BCUT2D eigenvalue weighted by Crippen LogP contribution is 2.20. The number of aryl methyl sites for hydroxylation is 1. The largest absolute Gasteiger partial charge is 0.335 e. The average Bonchev–Trinajstić information content (AvgIpc) is 2.96. The van der Waals surface area contributed by atoms with Gasteiger partial charge >= 0.3 is 0 Å². The summed E-state index contributed by atoms with van der Waals surface area (Å²) in [5.41, 5.74) is 2.05. The van der Waals surface area contributed by atoms with Gasteiger partial charge in [0.1, 0.15) is 11.5 Å². The van der Waals surface area contributed by atoms with E-state index in [1.807, 2.05) is 4.90 Å². The Bertz CT molecular complexity index is 687. The lowest BCUT2D eigenvalue weighted by Gasteiger charge is -2.33. The molecular formula is C17H21FN4O. The minimum atomic E-state index is -0.283. The van der Waals surface area contributed by atoms with Gasteiger partial charge in [-0.05, 0) is 36.9 Å². The molecule has 6 heteroatoms. The van der Waals surface area contributed by atoms with Crippen molar-refractivity contribution in [2.75, 3.05) is 32.7 Å². The van der Waals surface area contributed by atoms with Gasteiger partial charge in [-0.3, -0.25) is 9.48 Å². The van der Waals surface area contributed by atoms with Crippen LogP contribution in [0.3, 0.4) is 0 Å². The Kier molecular flexibility index (Phi) is 4.43. The Hall–Kier alpha value is -2.21. The maximum Gasteiger partial charge on any atom is 0.272 e. The first-order valence-electron chi connectivity index (χ1n) is 7.90. The lowest BCUT2D eigenvalue weighted by molar-refractivity contribution is 0.0632. The van der Waals surface area contributed by atoms with E-state index in [0.29, 0.717) is 11.4 Å². The van der Waals surface area contributed by atoms with Crippen molar-refractivity contribution in [3.63, 3.8) is 0 Å². The summed E-state index contributed by atoms with van der Waals surface area (Å²) in [6, 6.07) is 7.92. The lowest BCUT2D eigenvalue weighted by Crippen LogP contribution is -2.48. The third kappa shape index (κ3) is 3.27. The second kappa shape index (κ2) is 6.50. The molecule has 2 heterocycles. The number of amides is 1. The number of hydrogen-bond donors (Lipinski definition) is 0. The number of carbonyl (C=O) groups excluding carboxylic acids is 1. The zero-order chi connectivity index (χ0) is 16.4. The lowest BCUT2D eigenvalue weighted by atomic mass is 10.1. The van der Waals surface area contributed by atoms with Crippen molar-refractivity contribution < 1.29 is 9.18 Å². The van der Waals surface area contributed by atoms with Crippen LogP contribution in [0.15, 0.2) is 30.3 Å². The molecule has 1 saturated heterocycles. The monoisotopic (exact) mass is 316 g/mol. The maximum absolute atomic E-state index is 13.0. The van der Waals surface area contributed by atoms with Gasteiger partial charge in [-0.2, -0.15) is 5.10 Å². The van der Waals surface area contributed by atoms with Gasteiger partial charge in [-0.25, -0.2) is 4.39 Å². The summed E-state index contributed by atoms with van der Waals surface area (Å²) in [7, 11) is 1.77. The average molecular weight is 316 g/mol. The molecule has 0 saturated carbocycles. The van der Waals surface area contributed by atoms with E-state index in [4.69, 9.17) is 0 Å². The van der Waals surface area contributed by atoms with Gasteiger partial charge in [0.05, 0.1) is 5.69 Å². The van der Waals surface area contributed by atoms with Crippen LogP contribution in [0.2, 0.25) is 0 Å². The van der Waals surface area contributed by atoms with Crippen LogP contribution >= 0.6 is 0 Å². The summed E-state index contributed by atoms with van der Waals surface area (Å²) in [4.78, 5) is 16.9. The number of halogens is 1. The van der Waals surface area contributed by atoms with Crippen LogP contribution < -0.4 is 0 Å². The van der Waals surface area contributed by atoms with Crippen molar-refractivity contribution in [3.8, 4) is 11.3 Å². The molecule has 0 atom stereocenters. The van der Waals surface area contributed by atoms with Gasteiger partial charge in [-0.1, -0.05) is 6.92 Å². The third-order valence-electron chi connectivity index (χ3n) is 4.35. The number of benzene rings is 1. The van der Waals surface area contributed by atoms with E-state index in [1.165, 1.54) is 12.1 Å². The normalized spacial score (nSPS) is 15.9. The highest BCUT2D eigenvalue weighted by molar-refractivity contribution is 5.93. The molecular weight excluding hydrogens is 295 g/mol. The molecule has 0 N–H and O–H groups in total. The molecule has 5 nitrogen and oxygen atoms in total. The highest BCUT2D eigenvalue weighted by Gasteiger charge is 2.24. The first kappa shape index (κ1) is 15.7. The van der Waals surface area contributed by atoms with E-state index in [9.17, 15) is 9.18 Å². The Morgan fingerprint density at radius 3 is 2.43 bits per heavy atom. The first-order valence-corrected chi connectivity index (χ1v) is 7.90. The van der Waals surface area contributed by atoms with Crippen LogP contribution in [0.4, 0.5) is 4.39 Å². The van der Waals surface area contributed by atoms with Gasteiger partial charge in [0.2, 0.25) is 0 Å². The van der Waals surface area contributed by atoms with Gasteiger partial charge < -0.3 is 9.80 Å². The van der Waals surface area contributed by atoms with E-state index in [-0.39, 0.29) is 11.7 Å². The molecule has 0 aliphatic carbocycles. The SMILES string of the molecule is CCN1CCN(C(=O)c2cc(-c3ccc(F)cc3)nn2C)CC1. The van der Waals surface area contributed by atoms with Crippen molar-refractivity contribution in [1.82, 2.24) is 19.6 Å². The van der Waals surface area contributed by atoms with E-state index >= 15 is 0 Å². The molecule has 1 amide bonds. The number of nitrogens with zero attached hydrogens (tertiary/aromatic N) is 4. The molecule has 0 spiro atoms. The van der Waals surface area contributed by atoms with E-state index in [2.05, 4.69) is 16.9 Å². The fraction of sp³-hybridized carbons (Fsp3) is 0.412. The molecule has 0 radical (unpaired) electrons. The molecule has 1 aromatic heterocycles.